The summed E-state index contributed by atoms with van der Waals surface area (Å²) in [5.41, 5.74) is 0. The zero-order valence-corrected chi connectivity index (χ0v) is 13.2. The van der Waals surface area contributed by atoms with Gasteiger partial charge in [0.05, 0.1) is 12.2 Å². The van der Waals surface area contributed by atoms with Crippen LogP contribution in [0.2, 0.25) is 0 Å². The molecule has 0 bridgehead atoms. The van der Waals surface area contributed by atoms with E-state index in [9.17, 15) is 13.2 Å². The smallest absolute Gasteiger partial charge is 0.244 e. The van der Waals surface area contributed by atoms with E-state index in [0.717, 1.165) is 6.54 Å². The minimum Gasteiger partial charge on any atom is -0.336 e. The predicted octanol–water partition coefficient (Wildman–Crippen LogP) is -1.09. The highest BCUT2D eigenvalue weighted by Crippen LogP contribution is 2.10. The van der Waals surface area contributed by atoms with Gasteiger partial charge >= 0.3 is 0 Å². The van der Waals surface area contributed by atoms with Crippen molar-refractivity contribution in [3.8, 4) is 0 Å². The summed E-state index contributed by atoms with van der Waals surface area (Å²) in [4.78, 5) is 14.1. The van der Waals surface area contributed by atoms with E-state index in [1.807, 2.05) is 6.92 Å². The molecule has 2 N–H and O–H groups in total. The van der Waals surface area contributed by atoms with Crippen LogP contribution in [-0.4, -0.2) is 60.7 Å². The molecule has 1 aliphatic rings. The molecular weight excluding hydrogens is 294 g/mol. The van der Waals surface area contributed by atoms with Gasteiger partial charge in [-0.05, 0) is 13.8 Å². The quantitative estimate of drug-likeness (QED) is 0.736. The lowest BCUT2D eigenvalue weighted by Crippen LogP contribution is -2.57. The van der Waals surface area contributed by atoms with Gasteiger partial charge in [0.2, 0.25) is 15.9 Å². The molecule has 2 rings (SSSR count). The number of nitrogens with zero attached hydrogens (tertiary/aromatic N) is 3. The summed E-state index contributed by atoms with van der Waals surface area (Å²) in [7, 11) is -2.10. The number of piperazine rings is 1. The third kappa shape index (κ3) is 3.60. The van der Waals surface area contributed by atoms with Gasteiger partial charge in [-0.2, -0.15) is 9.82 Å². The van der Waals surface area contributed by atoms with E-state index in [-0.39, 0.29) is 16.8 Å². The Balaban J connectivity index is 2.06. The van der Waals surface area contributed by atoms with Crippen molar-refractivity contribution in [1.29, 1.82) is 0 Å². The van der Waals surface area contributed by atoms with Crippen molar-refractivity contribution in [2.45, 2.75) is 30.8 Å². The van der Waals surface area contributed by atoms with Gasteiger partial charge in [-0.3, -0.25) is 9.48 Å². The summed E-state index contributed by atoms with van der Waals surface area (Å²) >= 11 is 0. The topological polar surface area (TPSA) is 96.3 Å². The summed E-state index contributed by atoms with van der Waals surface area (Å²) in [6.07, 6.45) is 2.65. The van der Waals surface area contributed by atoms with E-state index < -0.39 is 16.1 Å². The van der Waals surface area contributed by atoms with Gasteiger partial charge < -0.3 is 10.2 Å². The van der Waals surface area contributed by atoms with E-state index in [4.69, 9.17) is 0 Å². The maximum absolute atomic E-state index is 12.4. The molecule has 2 atom stereocenters. The van der Waals surface area contributed by atoms with E-state index in [1.54, 1.807) is 18.9 Å². The van der Waals surface area contributed by atoms with Gasteiger partial charge in [0.1, 0.15) is 4.90 Å². The highest BCUT2D eigenvalue weighted by atomic mass is 32.2. The largest absolute Gasteiger partial charge is 0.336 e. The van der Waals surface area contributed by atoms with Gasteiger partial charge in [0, 0.05) is 38.9 Å². The Morgan fingerprint density at radius 1 is 1.57 bits per heavy atom. The Bertz CT molecular complexity index is 612. The molecule has 0 radical (unpaired) electrons. The normalized spacial score (nSPS) is 21.3. The molecule has 8 nitrogen and oxygen atoms in total. The second-order valence-electron chi connectivity index (χ2n) is 5.28. The average molecular weight is 315 g/mol. The van der Waals surface area contributed by atoms with Crippen LogP contribution in [0.25, 0.3) is 0 Å². The number of amides is 1. The maximum atomic E-state index is 12.4. The van der Waals surface area contributed by atoms with Crippen molar-refractivity contribution in [2.75, 3.05) is 19.6 Å². The second kappa shape index (κ2) is 6.12. The number of rotatable bonds is 4. The number of carbonyl (C=O) groups is 1. The number of carbonyl (C=O) groups excluding carboxylic acids is 1. The van der Waals surface area contributed by atoms with Gasteiger partial charge in [0.25, 0.3) is 0 Å². The zero-order chi connectivity index (χ0) is 15.6. The lowest BCUT2D eigenvalue weighted by atomic mass is 10.2. The molecule has 118 valence electrons. The summed E-state index contributed by atoms with van der Waals surface area (Å²) in [5, 5.41) is 7.02. The standard InChI is InChI=1S/C12H21N5O3S/c1-9-6-13-4-5-17(9)12(18)10(2)15-21(19,20)11-7-14-16(3)8-11/h7-10,13,15H,4-6H2,1-3H3/t9-,10?/m1/s1. The van der Waals surface area contributed by atoms with E-state index in [1.165, 1.54) is 17.1 Å². The highest BCUT2D eigenvalue weighted by molar-refractivity contribution is 7.89. The van der Waals surface area contributed by atoms with Crippen LogP contribution in [0.3, 0.4) is 0 Å². The fourth-order valence-corrected chi connectivity index (χ4v) is 3.49. The Labute approximate surface area is 124 Å². The third-order valence-corrected chi connectivity index (χ3v) is 4.97. The summed E-state index contributed by atoms with van der Waals surface area (Å²) in [6, 6.07) is -0.757. The second-order valence-corrected chi connectivity index (χ2v) is 6.99. The monoisotopic (exact) mass is 315 g/mol. The average Bonchev–Trinajstić information content (AvgIpc) is 2.85. The van der Waals surface area contributed by atoms with E-state index >= 15 is 0 Å². The fraction of sp³-hybridized carbons (Fsp3) is 0.667. The zero-order valence-electron chi connectivity index (χ0n) is 12.4. The maximum Gasteiger partial charge on any atom is 0.244 e. The SMILES string of the molecule is CC(NS(=O)(=O)c1cnn(C)c1)C(=O)N1CCNC[C@H]1C. The number of aromatic nitrogens is 2. The van der Waals surface area contributed by atoms with Crippen LogP contribution >= 0.6 is 0 Å². The van der Waals surface area contributed by atoms with Crippen molar-refractivity contribution in [3.63, 3.8) is 0 Å². The number of aryl methyl sites for hydroxylation is 1. The molecule has 0 saturated carbocycles. The van der Waals surface area contributed by atoms with E-state index in [2.05, 4.69) is 15.1 Å². The van der Waals surface area contributed by atoms with Gasteiger partial charge in [-0.15, -0.1) is 0 Å². The Morgan fingerprint density at radius 2 is 2.29 bits per heavy atom. The first-order valence-corrected chi connectivity index (χ1v) is 8.32. The minimum atomic E-state index is -3.74. The number of hydrogen-bond donors (Lipinski definition) is 2. The molecule has 1 amide bonds. The van der Waals surface area contributed by atoms with Crippen LogP contribution in [0.4, 0.5) is 0 Å². The minimum absolute atomic E-state index is 0.0524. The first kappa shape index (κ1) is 15.9. The molecule has 1 aromatic heterocycles. The summed E-state index contributed by atoms with van der Waals surface area (Å²) in [5.74, 6) is -0.212. The molecular formula is C12H21N5O3S. The molecule has 0 spiro atoms. The van der Waals surface area contributed by atoms with Crippen molar-refractivity contribution < 1.29 is 13.2 Å². The molecule has 1 unspecified atom stereocenters. The number of nitrogens with one attached hydrogen (secondary N) is 2. The van der Waals surface area contributed by atoms with Crippen LogP contribution < -0.4 is 10.0 Å². The van der Waals surface area contributed by atoms with Gasteiger partial charge in [-0.25, -0.2) is 8.42 Å². The van der Waals surface area contributed by atoms with Crippen molar-refractivity contribution in [2.24, 2.45) is 7.05 Å². The molecule has 9 heteroatoms. The molecule has 21 heavy (non-hydrogen) atoms. The third-order valence-electron chi connectivity index (χ3n) is 3.48. The molecule has 1 fully saturated rings. The molecule has 1 aliphatic heterocycles. The van der Waals surface area contributed by atoms with Crippen LogP contribution in [-0.2, 0) is 21.9 Å². The van der Waals surface area contributed by atoms with Gasteiger partial charge in [-0.1, -0.05) is 0 Å². The molecule has 0 aromatic carbocycles. The first-order valence-electron chi connectivity index (χ1n) is 6.83. The van der Waals surface area contributed by atoms with E-state index in [0.29, 0.717) is 13.1 Å². The number of hydrogen-bond acceptors (Lipinski definition) is 5. The van der Waals surface area contributed by atoms with Crippen LogP contribution in [0.1, 0.15) is 13.8 Å². The van der Waals surface area contributed by atoms with Crippen LogP contribution in [0.15, 0.2) is 17.3 Å². The lowest BCUT2D eigenvalue weighted by molar-refractivity contribution is -0.135. The highest BCUT2D eigenvalue weighted by Gasteiger charge is 2.30. The van der Waals surface area contributed by atoms with Crippen LogP contribution in [0.5, 0.6) is 0 Å². The Kier molecular flexibility index (Phi) is 4.64. The fourth-order valence-electron chi connectivity index (χ4n) is 2.31. The molecule has 0 aliphatic carbocycles. The lowest BCUT2D eigenvalue weighted by Gasteiger charge is -2.35. The Morgan fingerprint density at radius 3 is 2.86 bits per heavy atom. The number of sulfonamides is 1. The molecule has 2 heterocycles. The van der Waals surface area contributed by atoms with Crippen LogP contribution in [0, 0.1) is 0 Å². The molecule has 1 saturated heterocycles. The summed E-state index contributed by atoms with van der Waals surface area (Å²) < 4.78 is 28.2. The summed E-state index contributed by atoms with van der Waals surface area (Å²) in [6.45, 7) is 5.52. The van der Waals surface area contributed by atoms with Crippen molar-refractivity contribution >= 4 is 15.9 Å². The Hall–Kier alpha value is -1.45. The van der Waals surface area contributed by atoms with Gasteiger partial charge in [0.15, 0.2) is 0 Å². The van der Waals surface area contributed by atoms with Crippen molar-refractivity contribution in [3.05, 3.63) is 12.4 Å². The molecule has 1 aromatic rings. The predicted molar refractivity (Wildman–Crippen MR) is 77.0 cm³/mol. The first-order chi connectivity index (χ1) is 9.81. The van der Waals surface area contributed by atoms with Crippen molar-refractivity contribution in [1.82, 2.24) is 24.7 Å².